The standard InChI is InChI=1S/C21H23N3O4/c1-2-28-16-12-10-15(11-13-16)22-19(25)9-5-6-14-24-20(26)17-7-3-4-8-18(17)23-21(24)27/h3-4,7-8,10-13H,2,5-6,9,14H2,1H3,(H,22,25)(H,23,27). The molecule has 146 valence electrons. The van der Waals surface area contributed by atoms with Crippen LogP contribution in [0.2, 0.25) is 0 Å². The van der Waals surface area contributed by atoms with E-state index in [9.17, 15) is 14.4 Å². The highest BCUT2D eigenvalue weighted by atomic mass is 16.5. The first-order valence-electron chi connectivity index (χ1n) is 9.33. The fourth-order valence-electron chi connectivity index (χ4n) is 2.98. The Balaban J connectivity index is 1.52. The van der Waals surface area contributed by atoms with Crippen LogP contribution in [-0.2, 0) is 11.3 Å². The molecule has 0 fully saturated rings. The number of nitrogens with one attached hydrogen (secondary N) is 2. The van der Waals surface area contributed by atoms with E-state index in [0.717, 1.165) is 5.75 Å². The first kappa shape index (κ1) is 19.4. The van der Waals surface area contributed by atoms with Gasteiger partial charge in [-0.15, -0.1) is 0 Å². The summed E-state index contributed by atoms with van der Waals surface area (Å²) in [6.07, 6.45) is 1.44. The maximum atomic E-state index is 12.4. The number of unbranched alkanes of at least 4 members (excludes halogenated alkanes) is 1. The quantitative estimate of drug-likeness (QED) is 0.587. The lowest BCUT2D eigenvalue weighted by molar-refractivity contribution is -0.116. The maximum Gasteiger partial charge on any atom is 0.328 e. The van der Waals surface area contributed by atoms with Crippen molar-refractivity contribution in [3.05, 3.63) is 69.4 Å². The molecule has 2 aromatic carbocycles. The lowest BCUT2D eigenvalue weighted by Gasteiger charge is -2.08. The number of rotatable bonds is 8. The molecular formula is C21H23N3O4. The third-order valence-electron chi connectivity index (χ3n) is 4.37. The third-order valence-corrected chi connectivity index (χ3v) is 4.37. The van der Waals surface area contributed by atoms with E-state index in [-0.39, 0.29) is 18.0 Å². The SMILES string of the molecule is CCOc1ccc(NC(=O)CCCCn2c(=O)[nH]c3ccccc3c2=O)cc1. The molecule has 7 heteroatoms. The first-order valence-corrected chi connectivity index (χ1v) is 9.33. The highest BCUT2D eigenvalue weighted by Crippen LogP contribution is 2.16. The molecule has 3 rings (SSSR count). The zero-order valence-corrected chi connectivity index (χ0v) is 15.7. The van der Waals surface area contributed by atoms with Crippen LogP contribution in [0.15, 0.2) is 58.1 Å². The lowest BCUT2D eigenvalue weighted by Crippen LogP contribution is -2.35. The Morgan fingerprint density at radius 3 is 2.57 bits per heavy atom. The van der Waals surface area contributed by atoms with Crippen molar-refractivity contribution < 1.29 is 9.53 Å². The molecule has 3 aromatic rings. The molecule has 0 unspecified atom stereocenters. The molecule has 0 saturated heterocycles. The number of carbonyl (C=O) groups excluding carboxylic acids is 1. The number of nitrogens with zero attached hydrogens (tertiary/aromatic N) is 1. The van der Waals surface area contributed by atoms with E-state index in [1.807, 2.05) is 6.92 Å². The Kier molecular flexibility index (Phi) is 6.26. The maximum absolute atomic E-state index is 12.4. The second-order valence-electron chi connectivity index (χ2n) is 6.40. The fraction of sp³-hybridized carbons (Fsp3) is 0.286. The van der Waals surface area contributed by atoms with Crippen LogP contribution >= 0.6 is 0 Å². The van der Waals surface area contributed by atoms with Gasteiger partial charge in [-0.05, 0) is 56.2 Å². The number of benzene rings is 2. The zero-order chi connectivity index (χ0) is 19.9. The molecule has 0 spiro atoms. The van der Waals surface area contributed by atoms with Crippen LogP contribution in [0.4, 0.5) is 5.69 Å². The average molecular weight is 381 g/mol. The molecule has 0 radical (unpaired) electrons. The minimum absolute atomic E-state index is 0.107. The monoisotopic (exact) mass is 381 g/mol. The number of aromatic nitrogens is 2. The smallest absolute Gasteiger partial charge is 0.328 e. The van der Waals surface area contributed by atoms with E-state index in [1.165, 1.54) is 4.57 Å². The summed E-state index contributed by atoms with van der Waals surface area (Å²) < 4.78 is 6.55. The number of ether oxygens (including phenoxy) is 1. The predicted octanol–water partition coefficient (Wildman–Crippen LogP) is 2.90. The van der Waals surface area contributed by atoms with Crippen molar-refractivity contribution in [1.29, 1.82) is 0 Å². The van der Waals surface area contributed by atoms with Crippen molar-refractivity contribution in [3.8, 4) is 5.75 Å². The number of para-hydroxylation sites is 1. The number of hydrogen-bond donors (Lipinski definition) is 2. The van der Waals surface area contributed by atoms with Crippen LogP contribution in [0.5, 0.6) is 5.75 Å². The molecule has 0 atom stereocenters. The van der Waals surface area contributed by atoms with Gasteiger partial charge in [0.2, 0.25) is 5.91 Å². The van der Waals surface area contributed by atoms with Crippen LogP contribution < -0.4 is 21.3 Å². The van der Waals surface area contributed by atoms with Crippen molar-refractivity contribution in [3.63, 3.8) is 0 Å². The molecule has 1 aromatic heterocycles. The number of carbonyl (C=O) groups is 1. The molecular weight excluding hydrogens is 358 g/mol. The third kappa shape index (κ3) is 4.68. The summed E-state index contributed by atoms with van der Waals surface area (Å²) in [4.78, 5) is 39.3. The van der Waals surface area contributed by atoms with Gasteiger partial charge >= 0.3 is 5.69 Å². The van der Waals surface area contributed by atoms with Gasteiger partial charge in [-0.1, -0.05) is 12.1 Å². The molecule has 0 aliphatic heterocycles. The molecule has 2 N–H and O–H groups in total. The Morgan fingerprint density at radius 2 is 1.82 bits per heavy atom. The van der Waals surface area contributed by atoms with Gasteiger partial charge in [-0.2, -0.15) is 0 Å². The lowest BCUT2D eigenvalue weighted by atomic mass is 10.2. The van der Waals surface area contributed by atoms with E-state index >= 15 is 0 Å². The predicted molar refractivity (Wildman–Crippen MR) is 109 cm³/mol. The number of H-pyrrole nitrogens is 1. The van der Waals surface area contributed by atoms with Gasteiger partial charge in [0.1, 0.15) is 5.75 Å². The summed E-state index contributed by atoms with van der Waals surface area (Å²) in [5, 5.41) is 3.31. The Morgan fingerprint density at radius 1 is 1.07 bits per heavy atom. The fourth-order valence-corrected chi connectivity index (χ4v) is 2.98. The van der Waals surface area contributed by atoms with Crippen molar-refractivity contribution in [2.75, 3.05) is 11.9 Å². The molecule has 0 aliphatic rings. The summed E-state index contributed by atoms with van der Waals surface area (Å²) in [6.45, 7) is 2.78. The number of hydrogen-bond acceptors (Lipinski definition) is 4. The minimum atomic E-state index is -0.428. The second-order valence-corrected chi connectivity index (χ2v) is 6.40. The van der Waals surface area contributed by atoms with Crippen LogP contribution in [-0.4, -0.2) is 22.1 Å². The highest BCUT2D eigenvalue weighted by Gasteiger charge is 2.08. The molecule has 0 aliphatic carbocycles. The van der Waals surface area contributed by atoms with Crippen LogP contribution in [0, 0.1) is 0 Å². The summed E-state index contributed by atoms with van der Waals surface area (Å²) in [5.41, 5.74) is 0.500. The first-order chi connectivity index (χ1) is 13.6. The summed E-state index contributed by atoms with van der Waals surface area (Å²) in [7, 11) is 0. The number of fused-ring (bicyclic) bond motifs is 1. The number of amides is 1. The zero-order valence-electron chi connectivity index (χ0n) is 15.7. The second kappa shape index (κ2) is 9.03. The van der Waals surface area contributed by atoms with E-state index in [4.69, 9.17) is 4.74 Å². The van der Waals surface area contributed by atoms with Crippen molar-refractivity contribution in [2.45, 2.75) is 32.7 Å². The van der Waals surface area contributed by atoms with Gasteiger partial charge in [0.15, 0.2) is 0 Å². The Bertz CT molecular complexity index is 1070. The summed E-state index contributed by atoms with van der Waals surface area (Å²) in [6, 6.07) is 14.1. The molecule has 0 bridgehead atoms. The number of aromatic amines is 1. The largest absolute Gasteiger partial charge is 0.494 e. The molecule has 1 amide bonds. The normalized spacial score (nSPS) is 10.8. The van der Waals surface area contributed by atoms with E-state index < -0.39 is 5.69 Å². The van der Waals surface area contributed by atoms with E-state index in [1.54, 1.807) is 48.5 Å². The minimum Gasteiger partial charge on any atom is -0.494 e. The van der Waals surface area contributed by atoms with Gasteiger partial charge in [-0.25, -0.2) is 4.79 Å². The number of anilines is 1. The van der Waals surface area contributed by atoms with Gasteiger partial charge in [0, 0.05) is 18.7 Å². The summed E-state index contributed by atoms with van der Waals surface area (Å²) >= 11 is 0. The molecule has 7 nitrogen and oxygen atoms in total. The average Bonchev–Trinajstić information content (AvgIpc) is 2.69. The van der Waals surface area contributed by atoms with E-state index in [0.29, 0.717) is 42.5 Å². The highest BCUT2D eigenvalue weighted by molar-refractivity contribution is 5.90. The van der Waals surface area contributed by atoms with Gasteiger partial charge < -0.3 is 15.0 Å². The summed E-state index contributed by atoms with van der Waals surface area (Å²) in [5.74, 6) is 0.649. The molecule has 0 saturated carbocycles. The van der Waals surface area contributed by atoms with Crippen LogP contribution in [0.25, 0.3) is 10.9 Å². The van der Waals surface area contributed by atoms with Crippen molar-refractivity contribution >= 4 is 22.5 Å². The molecule has 1 heterocycles. The van der Waals surface area contributed by atoms with E-state index in [2.05, 4.69) is 10.3 Å². The van der Waals surface area contributed by atoms with Crippen LogP contribution in [0.1, 0.15) is 26.2 Å². The van der Waals surface area contributed by atoms with Gasteiger partial charge in [0.25, 0.3) is 5.56 Å². The van der Waals surface area contributed by atoms with Crippen LogP contribution in [0.3, 0.4) is 0 Å². The molecule has 28 heavy (non-hydrogen) atoms. The Labute approximate surface area is 162 Å². The van der Waals surface area contributed by atoms with Crippen molar-refractivity contribution in [1.82, 2.24) is 9.55 Å². The topological polar surface area (TPSA) is 93.2 Å². The van der Waals surface area contributed by atoms with Crippen molar-refractivity contribution in [2.24, 2.45) is 0 Å². The Hall–Kier alpha value is -3.35. The van der Waals surface area contributed by atoms with Gasteiger partial charge in [0.05, 0.1) is 17.5 Å². The van der Waals surface area contributed by atoms with Gasteiger partial charge in [-0.3, -0.25) is 14.2 Å².